The van der Waals surface area contributed by atoms with E-state index in [2.05, 4.69) is 18.7 Å². The van der Waals surface area contributed by atoms with Crippen molar-refractivity contribution in [2.45, 2.75) is 19.9 Å². The van der Waals surface area contributed by atoms with Crippen LogP contribution in [0.5, 0.6) is 11.5 Å². The largest absolute Gasteiger partial charge is 0.493 e. The fourth-order valence-electron chi connectivity index (χ4n) is 1.59. The molecule has 5 nitrogen and oxygen atoms in total. The zero-order chi connectivity index (χ0) is 15.1. The van der Waals surface area contributed by atoms with Crippen molar-refractivity contribution in [1.82, 2.24) is 4.90 Å². The Morgan fingerprint density at radius 3 is 2.40 bits per heavy atom. The minimum Gasteiger partial charge on any atom is -0.493 e. The molecule has 0 aliphatic carbocycles. The molecule has 0 bridgehead atoms. The molecular weight excluding hydrogens is 258 g/mol. The third kappa shape index (κ3) is 4.42. The molecule has 0 aliphatic heterocycles. The first-order chi connectivity index (χ1) is 9.49. The molecule has 20 heavy (non-hydrogen) atoms. The van der Waals surface area contributed by atoms with Gasteiger partial charge in [-0.15, -0.1) is 0 Å². The molecule has 0 fully saturated rings. The summed E-state index contributed by atoms with van der Waals surface area (Å²) < 4.78 is 15.5. The van der Waals surface area contributed by atoms with Gasteiger partial charge in [0, 0.05) is 12.6 Å². The number of nitrogens with zero attached hydrogens (tertiary/aromatic N) is 1. The van der Waals surface area contributed by atoms with Crippen molar-refractivity contribution in [3.63, 3.8) is 0 Å². The summed E-state index contributed by atoms with van der Waals surface area (Å²) in [7, 11) is 5.08. The molecule has 0 unspecified atom stereocenters. The lowest BCUT2D eigenvalue weighted by molar-refractivity contribution is 0.0460. The zero-order valence-electron chi connectivity index (χ0n) is 12.8. The van der Waals surface area contributed by atoms with Gasteiger partial charge in [-0.3, -0.25) is 0 Å². The van der Waals surface area contributed by atoms with Gasteiger partial charge in [0.15, 0.2) is 11.5 Å². The fraction of sp³-hybridized carbons (Fsp3) is 0.533. The smallest absolute Gasteiger partial charge is 0.338 e. The Kier molecular flexibility index (Phi) is 6.31. The van der Waals surface area contributed by atoms with Crippen LogP contribution in [0.4, 0.5) is 0 Å². The van der Waals surface area contributed by atoms with Crippen LogP contribution in [0.2, 0.25) is 0 Å². The van der Waals surface area contributed by atoms with Crippen molar-refractivity contribution >= 4 is 5.97 Å². The first kappa shape index (κ1) is 16.3. The summed E-state index contributed by atoms with van der Waals surface area (Å²) in [5.74, 6) is 0.743. The van der Waals surface area contributed by atoms with Gasteiger partial charge in [-0.05, 0) is 39.1 Å². The quantitative estimate of drug-likeness (QED) is 0.717. The minimum absolute atomic E-state index is 0.358. The highest BCUT2D eigenvalue weighted by Crippen LogP contribution is 2.27. The van der Waals surface area contributed by atoms with E-state index in [1.807, 2.05) is 7.05 Å². The van der Waals surface area contributed by atoms with Gasteiger partial charge in [-0.25, -0.2) is 4.79 Å². The van der Waals surface area contributed by atoms with E-state index in [0.29, 0.717) is 36.3 Å². The topological polar surface area (TPSA) is 48.0 Å². The van der Waals surface area contributed by atoms with Crippen LogP contribution in [0.1, 0.15) is 24.2 Å². The molecule has 1 aromatic rings. The lowest BCUT2D eigenvalue weighted by Crippen LogP contribution is -2.30. The summed E-state index contributed by atoms with van der Waals surface area (Å²) in [6.07, 6.45) is 0. The molecular formula is C15H23NO4. The molecule has 0 radical (unpaired) electrons. The van der Waals surface area contributed by atoms with Crippen LogP contribution in [0, 0.1) is 0 Å². The Labute approximate surface area is 120 Å². The van der Waals surface area contributed by atoms with Crippen LogP contribution in [-0.4, -0.2) is 51.3 Å². The standard InChI is InChI=1S/C15H23NO4/c1-11(2)16(3)8-9-20-15(17)12-6-7-13(18-4)14(10-12)19-5/h6-7,10-11H,8-9H2,1-5H3. The van der Waals surface area contributed by atoms with Crippen molar-refractivity contribution in [3.8, 4) is 11.5 Å². The maximum absolute atomic E-state index is 11.9. The van der Waals surface area contributed by atoms with E-state index >= 15 is 0 Å². The number of hydrogen-bond acceptors (Lipinski definition) is 5. The third-order valence-electron chi connectivity index (χ3n) is 3.18. The lowest BCUT2D eigenvalue weighted by atomic mass is 10.2. The van der Waals surface area contributed by atoms with Gasteiger partial charge in [-0.2, -0.15) is 0 Å². The van der Waals surface area contributed by atoms with Gasteiger partial charge < -0.3 is 19.1 Å². The molecule has 0 spiro atoms. The molecule has 1 rings (SSSR count). The number of esters is 1. The van der Waals surface area contributed by atoms with Crippen molar-refractivity contribution in [1.29, 1.82) is 0 Å². The Bertz CT molecular complexity index is 445. The van der Waals surface area contributed by atoms with Crippen LogP contribution < -0.4 is 9.47 Å². The van der Waals surface area contributed by atoms with E-state index in [4.69, 9.17) is 14.2 Å². The molecule has 0 atom stereocenters. The molecule has 1 aromatic carbocycles. The maximum atomic E-state index is 11.9. The second-order valence-electron chi connectivity index (χ2n) is 4.78. The molecule has 112 valence electrons. The lowest BCUT2D eigenvalue weighted by Gasteiger charge is -2.20. The van der Waals surface area contributed by atoms with Gasteiger partial charge in [0.25, 0.3) is 0 Å². The SMILES string of the molecule is COc1ccc(C(=O)OCCN(C)C(C)C)cc1OC. The summed E-state index contributed by atoms with van der Waals surface area (Å²) in [5.41, 5.74) is 0.454. The summed E-state index contributed by atoms with van der Waals surface area (Å²) in [6, 6.07) is 5.40. The molecule has 0 amide bonds. The number of benzene rings is 1. The third-order valence-corrected chi connectivity index (χ3v) is 3.18. The zero-order valence-corrected chi connectivity index (χ0v) is 12.8. The van der Waals surface area contributed by atoms with Crippen LogP contribution >= 0.6 is 0 Å². The Morgan fingerprint density at radius 1 is 1.20 bits per heavy atom. The molecule has 0 aliphatic rings. The maximum Gasteiger partial charge on any atom is 0.338 e. The molecule has 0 N–H and O–H groups in total. The molecule has 0 saturated heterocycles. The molecule has 5 heteroatoms. The highest BCUT2D eigenvalue weighted by Gasteiger charge is 2.12. The van der Waals surface area contributed by atoms with Crippen LogP contribution in [0.3, 0.4) is 0 Å². The Morgan fingerprint density at radius 2 is 1.85 bits per heavy atom. The molecule has 0 aromatic heterocycles. The van der Waals surface area contributed by atoms with Crippen molar-refractivity contribution in [2.75, 3.05) is 34.4 Å². The van der Waals surface area contributed by atoms with E-state index in [9.17, 15) is 4.79 Å². The second kappa shape index (κ2) is 7.75. The van der Waals surface area contributed by atoms with Crippen molar-refractivity contribution in [2.24, 2.45) is 0 Å². The average Bonchev–Trinajstić information content (AvgIpc) is 2.45. The van der Waals surface area contributed by atoms with Crippen molar-refractivity contribution in [3.05, 3.63) is 23.8 Å². The van der Waals surface area contributed by atoms with Gasteiger partial charge >= 0.3 is 5.97 Å². The van der Waals surface area contributed by atoms with E-state index in [-0.39, 0.29) is 5.97 Å². The predicted octanol–water partition coefficient (Wildman–Crippen LogP) is 2.20. The summed E-state index contributed by atoms with van der Waals surface area (Å²) >= 11 is 0. The Balaban J connectivity index is 2.59. The van der Waals surface area contributed by atoms with Gasteiger partial charge in [0.05, 0.1) is 19.8 Å². The monoisotopic (exact) mass is 281 g/mol. The van der Waals surface area contributed by atoms with Gasteiger partial charge in [0.1, 0.15) is 6.61 Å². The van der Waals surface area contributed by atoms with E-state index in [0.717, 1.165) is 0 Å². The van der Waals surface area contributed by atoms with E-state index in [1.54, 1.807) is 25.3 Å². The normalized spacial score (nSPS) is 10.8. The first-order valence-electron chi connectivity index (χ1n) is 6.59. The van der Waals surface area contributed by atoms with Gasteiger partial charge in [-0.1, -0.05) is 0 Å². The number of ether oxygens (including phenoxy) is 3. The average molecular weight is 281 g/mol. The van der Waals surface area contributed by atoms with E-state index in [1.165, 1.54) is 7.11 Å². The number of likely N-dealkylation sites (N-methyl/N-ethyl adjacent to an activating group) is 1. The van der Waals surface area contributed by atoms with E-state index < -0.39 is 0 Å². The number of rotatable bonds is 7. The first-order valence-corrected chi connectivity index (χ1v) is 6.59. The molecule has 0 heterocycles. The highest BCUT2D eigenvalue weighted by atomic mass is 16.5. The second-order valence-corrected chi connectivity index (χ2v) is 4.78. The summed E-state index contributed by atoms with van der Waals surface area (Å²) in [5, 5.41) is 0. The fourth-order valence-corrected chi connectivity index (χ4v) is 1.59. The number of carbonyl (C=O) groups is 1. The summed E-state index contributed by atoms with van der Waals surface area (Å²) in [4.78, 5) is 14.0. The summed E-state index contributed by atoms with van der Waals surface area (Å²) in [6.45, 7) is 5.25. The number of carbonyl (C=O) groups excluding carboxylic acids is 1. The highest BCUT2D eigenvalue weighted by molar-refractivity contribution is 5.90. The van der Waals surface area contributed by atoms with Crippen molar-refractivity contribution < 1.29 is 19.0 Å². The number of methoxy groups -OCH3 is 2. The van der Waals surface area contributed by atoms with Gasteiger partial charge in [0.2, 0.25) is 0 Å². The number of hydrogen-bond donors (Lipinski definition) is 0. The Hall–Kier alpha value is -1.75. The van der Waals surface area contributed by atoms with Crippen LogP contribution in [0.25, 0.3) is 0 Å². The van der Waals surface area contributed by atoms with Crippen LogP contribution in [-0.2, 0) is 4.74 Å². The van der Waals surface area contributed by atoms with Crippen LogP contribution in [0.15, 0.2) is 18.2 Å². The minimum atomic E-state index is -0.358. The predicted molar refractivity (Wildman–Crippen MR) is 77.6 cm³/mol. The molecule has 0 saturated carbocycles.